The van der Waals surface area contributed by atoms with Crippen molar-refractivity contribution in [3.63, 3.8) is 0 Å². The van der Waals surface area contributed by atoms with Crippen molar-refractivity contribution in [1.82, 2.24) is 19.9 Å². The van der Waals surface area contributed by atoms with E-state index >= 15 is 0 Å². The van der Waals surface area contributed by atoms with Crippen molar-refractivity contribution in [2.75, 3.05) is 25.0 Å². The number of sulfonamides is 1. The van der Waals surface area contributed by atoms with Crippen LogP contribution in [0.15, 0.2) is 94.7 Å². The first-order valence-corrected chi connectivity index (χ1v) is 16.1. The number of ether oxygens (including phenoxy) is 5. The second kappa shape index (κ2) is 14.8. The summed E-state index contributed by atoms with van der Waals surface area (Å²) in [7, 11) is -2.77. The lowest BCUT2D eigenvalue weighted by Gasteiger charge is -2.20. The minimum Gasteiger partial charge on any atom is -0.493 e. The third-order valence-electron chi connectivity index (χ3n) is 6.60. The summed E-state index contributed by atoms with van der Waals surface area (Å²) in [6.45, 7) is 5.48. The third-order valence-corrected chi connectivity index (χ3v) is 7.95. The Morgan fingerprint density at radius 2 is 1.58 bits per heavy atom. The van der Waals surface area contributed by atoms with Gasteiger partial charge < -0.3 is 28.1 Å². The van der Waals surface area contributed by atoms with Gasteiger partial charge in [0.2, 0.25) is 11.6 Å². The first-order valence-electron chi connectivity index (χ1n) is 14.6. The maximum atomic E-state index is 13.7. The number of furan rings is 1. The Kier molecular flexibility index (Phi) is 10.4. The van der Waals surface area contributed by atoms with Gasteiger partial charge in [-0.3, -0.25) is 4.72 Å². The Labute approximate surface area is 277 Å². The zero-order valence-electron chi connectivity index (χ0n) is 26.6. The largest absolute Gasteiger partial charge is 0.508 e. The molecule has 250 valence electrons. The monoisotopic (exact) mass is 675 g/mol. The van der Waals surface area contributed by atoms with Crippen LogP contribution in [0.3, 0.4) is 0 Å². The number of rotatable bonds is 13. The first-order chi connectivity index (χ1) is 23.0. The molecule has 0 atom stereocenters. The second-order valence-corrected chi connectivity index (χ2v) is 12.7. The molecular formula is C33H33N5O9S. The number of anilines is 1. The van der Waals surface area contributed by atoms with E-state index in [9.17, 15) is 13.2 Å². The molecule has 0 amide bonds. The predicted octanol–water partition coefficient (Wildman–Crippen LogP) is 6.16. The topological polar surface area (TPSA) is 174 Å². The highest BCUT2D eigenvalue weighted by molar-refractivity contribution is 7.92. The SMILES string of the molecule is COc1ccccc1Oc1c(NS(=O)(=O)c2ccc(C(C)(C)C)cc2)nc(-c2ncccn2)nc1OCCOC(=O)OCc1ccco1. The summed E-state index contributed by atoms with van der Waals surface area (Å²) in [5, 5.41) is 0. The minimum absolute atomic E-state index is 0.0150. The molecule has 0 bridgehead atoms. The molecule has 0 aliphatic rings. The van der Waals surface area contributed by atoms with E-state index in [4.69, 9.17) is 28.1 Å². The van der Waals surface area contributed by atoms with E-state index in [-0.39, 0.29) is 65.0 Å². The second-order valence-electron chi connectivity index (χ2n) is 11.1. The molecule has 0 spiro atoms. The van der Waals surface area contributed by atoms with Crippen molar-refractivity contribution in [3.05, 3.63) is 96.7 Å². The summed E-state index contributed by atoms with van der Waals surface area (Å²) < 4.78 is 62.7. The highest BCUT2D eigenvalue weighted by Crippen LogP contribution is 2.41. The average Bonchev–Trinajstić information content (AvgIpc) is 3.61. The number of hydrogen-bond acceptors (Lipinski definition) is 13. The van der Waals surface area contributed by atoms with Crippen LogP contribution in [0.25, 0.3) is 11.6 Å². The molecule has 0 aliphatic heterocycles. The van der Waals surface area contributed by atoms with Gasteiger partial charge in [-0.2, -0.15) is 4.98 Å². The molecule has 5 aromatic rings. The molecule has 0 saturated heterocycles. The number of carbonyl (C=O) groups excluding carboxylic acids is 1. The van der Waals surface area contributed by atoms with Crippen molar-refractivity contribution in [3.8, 4) is 34.8 Å². The molecule has 0 saturated carbocycles. The molecule has 14 nitrogen and oxygen atoms in total. The van der Waals surface area contributed by atoms with Gasteiger partial charge in [0.1, 0.15) is 19.0 Å². The number of aromatic nitrogens is 4. The molecule has 48 heavy (non-hydrogen) atoms. The van der Waals surface area contributed by atoms with Gasteiger partial charge in [-0.15, -0.1) is 0 Å². The number of methoxy groups -OCH3 is 1. The van der Waals surface area contributed by atoms with Gasteiger partial charge in [0.15, 0.2) is 29.7 Å². The number of hydrogen-bond donors (Lipinski definition) is 1. The molecule has 3 heterocycles. The Bertz CT molecular complexity index is 1930. The maximum absolute atomic E-state index is 13.7. The van der Waals surface area contributed by atoms with Crippen LogP contribution in [0.2, 0.25) is 0 Å². The fourth-order valence-electron chi connectivity index (χ4n) is 4.17. The van der Waals surface area contributed by atoms with Crippen molar-refractivity contribution in [2.45, 2.75) is 37.7 Å². The zero-order chi connectivity index (χ0) is 34.1. The molecule has 15 heteroatoms. The summed E-state index contributed by atoms with van der Waals surface area (Å²) in [4.78, 5) is 29.4. The van der Waals surface area contributed by atoms with Gasteiger partial charge in [-0.05, 0) is 53.4 Å². The van der Waals surface area contributed by atoms with Gasteiger partial charge in [-0.25, -0.2) is 28.2 Å². The summed E-state index contributed by atoms with van der Waals surface area (Å²) >= 11 is 0. The Balaban J connectivity index is 1.49. The van der Waals surface area contributed by atoms with Crippen molar-refractivity contribution in [2.24, 2.45) is 0 Å². The Hall–Kier alpha value is -5.70. The van der Waals surface area contributed by atoms with Crippen molar-refractivity contribution < 1.29 is 41.3 Å². The summed E-state index contributed by atoms with van der Waals surface area (Å²) in [6, 6.07) is 18.1. The minimum atomic E-state index is -4.22. The van der Waals surface area contributed by atoms with E-state index in [1.54, 1.807) is 54.6 Å². The molecule has 0 aliphatic carbocycles. The molecule has 3 aromatic heterocycles. The maximum Gasteiger partial charge on any atom is 0.508 e. The molecule has 5 rings (SSSR count). The van der Waals surface area contributed by atoms with Crippen LogP contribution >= 0.6 is 0 Å². The van der Waals surface area contributed by atoms with Gasteiger partial charge in [0.05, 0.1) is 18.3 Å². The molecule has 0 unspecified atom stereocenters. The van der Waals surface area contributed by atoms with Crippen LogP contribution < -0.4 is 18.9 Å². The average molecular weight is 676 g/mol. The standard InChI is InChI=1S/C33H33N5O9S/c1-33(2,3)22-12-14-24(15-13-22)48(40,41)38-28-27(47-26-11-6-5-10-25(26)42-4)31(37-30(36-28)29-34-16-8-17-35-29)44-19-20-45-32(39)46-21-23-9-7-18-43-23/h5-18H,19-21H2,1-4H3,(H,36,37,38). The number of carbonyl (C=O) groups is 1. The van der Waals surface area contributed by atoms with Gasteiger partial charge in [0.25, 0.3) is 15.9 Å². The van der Waals surface area contributed by atoms with Crippen LogP contribution in [-0.4, -0.2) is 54.8 Å². The third kappa shape index (κ3) is 8.55. The highest BCUT2D eigenvalue weighted by atomic mass is 32.2. The molecule has 0 fully saturated rings. The van der Waals surface area contributed by atoms with Crippen LogP contribution in [0.1, 0.15) is 32.1 Å². The Morgan fingerprint density at radius 3 is 2.25 bits per heavy atom. The van der Waals surface area contributed by atoms with Crippen LogP contribution in [0, 0.1) is 0 Å². The van der Waals surface area contributed by atoms with E-state index in [0.717, 1.165) is 5.56 Å². The number of para-hydroxylation sites is 2. The summed E-state index contributed by atoms with van der Waals surface area (Å²) in [6.07, 6.45) is 3.46. The number of nitrogens with zero attached hydrogens (tertiary/aromatic N) is 4. The fourth-order valence-corrected chi connectivity index (χ4v) is 5.17. The molecule has 0 radical (unpaired) electrons. The predicted molar refractivity (Wildman–Crippen MR) is 172 cm³/mol. The van der Waals surface area contributed by atoms with E-state index < -0.39 is 16.2 Å². The van der Waals surface area contributed by atoms with E-state index in [1.165, 1.54) is 37.9 Å². The number of benzene rings is 2. The zero-order valence-corrected chi connectivity index (χ0v) is 27.4. The molecule has 1 N–H and O–H groups in total. The van der Waals surface area contributed by atoms with Gasteiger partial charge >= 0.3 is 6.16 Å². The van der Waals surface area contributed by atoms with Crippen molar-refractivity contribution in [1.29, 1.82) is 0 Å². The lowest BCUT2D eigenvalue weighted by molar-refractivity contribution is 0.0367. The lowest BCUT2D eigenvalue weighted by Crippen LogP contribution is -2.18. The van der Waals surface area contributed by atoms with Crippen LogP contribution in [0.5, 0.6) is 23.1 Å². The summed E-state index contributed by atoms with van der Waals surface area (Å²) in [5.41, 5.74) is 0.768. The van der Waals surface area contributed by atoms with Crippen molar-refractivity contribution >= 4 is 22.0 Å². The fraction of sp³-hybridized carbons (Fsp3) is 0.242. The lowest BCUT2D eigenvalue weighted by atomic mass is 9.87. The smallest absolute Gasteiger partial charge is 0.493 e. The quantitative estimate of drug-likeness (QED) is 0.111. The summed E-state index contributed by atoms with van der Waals surface area (Å²) in [5.74, 6) is 0.334. The van der Waals surface area contributed by atoms with Gasteiger partial charge in [0, 0.05) is 12.4 Å². The van der Waals surface area contributed by atoms with E-state index in [2.05, 4.69) is 24.7 Å². The molecular weight excluding hydrogens is 642 g/mol. The number of nitrogens with one attached hydrogen (secondary N) is 1. The normalized spacial score (nSPS) is 11.4. The molecule has 2 aromatic carbocycles. The first kappa shape index (κ1) is 33.7. The Morgan fingerprint density at radius 1 is 0.854 bits per heavy atom. The van der Waals surface area contributed by atoms with Crippen LogP contribution in [-0.2, 0) is 31.5 Å². The van der Waals surface area contributed by atoms with Crippen LogP contribution in [0.4, 0.5) is 10.6 Å². The van der Waals surface area contributed by atoms with E-state index in [0.29, 0.717) is 11.5 Å². The highest BCUT2D eigenvalue weighted by Gasteiger charge is 2.26. The van der Waals surface area contributed by atoms with Gasteiger partial charge in [-0.1, -0.05) is 45.0 Å². The van der Waals surface area contributed by atoms with E-state index in [1.807, 2.05) is 20.8 Å².